The Morgan fingerprint density at radius 3 is 1.94 bits per heavy atom. The quantitative estimate of drug-likeness (QED) is 0.509. The Kier molecular flexibility index (Phi) is 5.00. The molecule has 1 nitrogen and oxygen atoms in total. The van der Waals surface area contributed by atoms with E-state index in [1.54, 1.807) is 0 Å². The number of rotatable bonds is 6. The van der Waals surface area contributed by atoms with Crippen LogP contribution in [0.25, 0.3) is 5.76 Å². The molecule has 2 heteroatoms. The molecule has 0 aliphatic rings. The highest BCUT2D eigenvalue weighted by Gasteiger charge is 2.31. The van der Waals surface area contributed by atoms with Gasteiger partial charge in [-0.05, 0) is 25.1 Å². The molecule has 0 aliphatic heterocycles. The van der Waals surface area contributed by atoms with Gasteiger partial charge in [0.25, 0.3) is 0 Å². The van der Waals surface area contributed by atoms with E-state index in [2.05, 4.69) is 58.5 Å². The normalized spacial score (nSPS) is 11.3. The lowest BCUT2D eigenvalue weighted by Gasteiger charge is -2.30. The van der Waals surface area contributed by atoms with Crippen LogP contribution in [0, 0.1) is 6.92 Å². The van der Waals surface area contributed by atoms with Crippen LogP contribution in [-0.2, 0) is 4.43 Å². The molecular weight excluding hydrogens is 224 g/mol. The third-order valence-corrected chi connectivity index (χ3v) is 8.19. The fourth-order valence-electron chi connectivity index (χ4n) is 2.03. The Bertz CT molecular complexity index is 355. The second-order valence-electron chi connectivity index (χ2n) is 4.63. The van der Waals surface area contributed by atoms with Gasteiger partial charge in [-0.1, -0.05) is 57.2 Å². The second kappa shape index (κ2) is 6.06. The van der Waals surface area contributed by atoms with Crippen molar-refractivity contribution in [2.75, 3.05) is 0 Å². The smallest absolute Gasteiger partial charge is 0.250 e. The van der Waals surface area contributed by atoms with Gasteiger partial charge in [0.15, 0.2) is 0 Å². The summed E-state index contributed by atoms with van der Waals surface area (Å²) in [6.45, 7) is 12.9. The molecule has 0 N–H and O–H groups in total. The molecule has 1 aromatic rings. The van der Waals surface area contributed by atoms with E-state index >= 15 is 0 Å². The van der Waals surface area contributed by atoms with Crippen molar-refractivity contribution in [1.29, 1.82) is 0 Å². The van der Waals surface area contributed by atoms with Crippen LogP contribution in [0.5, 0.6) is 0 Å². The summed E-state index contributed by atoms with van der Waals surface area (Å²) in [6.07, 6.45) is 0. The Labute approximate surface area is 107 Å². The molecule has 0 atom stereocenters. The van der Waals surface area contributed by atoms with Gasteiger partial charge >= 0.3 is 0 Å². The number of hydrogen-bond acceptors (Lipinski definition) is 1. The van der Waals surface area contributed by atoms with E-state index < -0.39 is 8.32 Å². The zero-order valence-corrected chi connectivity index (χ0v) is 12.5. The Morgan fingerprint density at radius 2 is 1.53 bits per heavy atom. The fourth-order valence-corrected chi connectivity index (χ4v) is 4.60. The molecule has 1 rings (SSSR count). The molecule has 0 radical (unpaired) electrons. The molecule has 94 valence electrons. The van der Waals surface area contributed by atoms with Crippen LogP contribution in [0.15, 0.2) is 30.8 Å². The third-order valence-electron chi connectivity index (χ3n) is 3.65. The van der Waals surface area contributed by atoms with Gasteiger partial charge in [0, 0.05) is 5.56 Å². The van der Waals surface area contributed by atoms with Crippen molar-refractivity contribution in [2.24, 2.45) is 0 Å². The van der Waals surface area contributed by atoms with Crippen LogP contribution in [0.4, 0.5) is 0 Å². The molecule has 0 saturated heterocycles. The first kappa shape index (κ1) is 14.0. The van der Waals surface area contributed by atoms with E-state index in [9.17, 15) is 0 Å². The molecular formula is C15H24OSi. The lowest BCUT2D eigenvalue weighted by Crippen LogP contribution is -2.34. The van der Waals surface area contributed by atoms with Crippen LogP contribution < -0.4 is 0 Å². The summed E-state index contributed by atoms with van der Waals surface area (Å²) in [4.78, 5) is 0. The molecule has 0 heterocycles. The van der Waals surface area contributed by atoms with Gasteiger partial charge in [-0.25, -0.2) is 0 Å². The predicted molar refractivity (Wildman–Crippen MR) is 78.5 cm³/mol. The highest BCUT2D eigenvalue weighted by molar-refractivity contribution is 6.74. The predicted octanol–water partition coefficient (Wildman–Crippen LogP) is 4.99. The molecule has 0 aliphatic carbocycles. The fraction of sp³-hybridized carbons (Fsp3) is 0.467. The van der Waals surface area contributed by atoms with E-state index in [0.29, 0.717) is 0 Å². The van der Waals surface area contributed by atoms with E-state index in [-0.39, 0.29) is 0 Å². The lowest BCUT2D eigenvalue weighted by molar-refractivity contribution is 0.492. The van der Waals surface area contributed by atoms with E-state index in [0.717, 1.165) is 29.5 Å². The Hall–Kier alpha value is -1.02. The molecule has 0 aromatic heterocycles. The standard InChI is InChI=1S/C15H24OSi/c1-6-17(7-2,8-3)16-14(5)15-11-9-13(4)10-12-15/h9-12H,5-8H2,1-4H3. The first-order chi connectivity index (χ1) is 8.06. The molecule has 0 fully saturated rings. The zero-order valence-electron chi connectivity index (χ0n) is 11.5. The van der Waals surface area contributed by atoms with Crippen LogP contribution in [0.1, 0.15) is 31.9 Å². The monoisotopic (exact) mass is 248 g/mol. The van der Waals surface area contributed by atoms with Crippen molar-refractivity contribution in [1.82, 2.24) is 0 Å². The van der Waals surface area contributed by atoms with Crippen molar-refractivity contribution in [3.8, 4) is 0 Å². The molecule has 0 unspecified atom stereocenters. The molecule has 17 heavy (non-hydrogen) atoms. The zero-order chi connectivity index (χ0) is 12.9. The van der Waals surface area contributed by atoms with Crippen molar-refractivity contribution in [3.05, 3.63) is 42.0 Å². The van der Waals surface area contributed by atoms with Crippen molar-refractivity contribution in [2.45, 2.75) is 45.8 Å². The molecule has 1 aromatic carbocycles. The van der Waals surface area contributed by atoms with E-state index in [4.69, 9.17) is 4.43 Å². The SMILES string of the molecule is C=C(O[Si](CC)(CC)CC)c1ccc(C)cc1. The summed E-state index contributed by atoms with van der Waals surface area (Å²) in [5, 5.41) is 0. The average Bonchev–Trinajstić information content (AvgIpc) is 2.37. The van der Waals surface area contributed by atoms with Gasteiger partial charge in [0.2, 0.25) is 8.32 Å². The van der Waals surface area contributed by atoms with Crippen LogP contribution in [-0.4, -0.2) is 8.32 Å². The minimum absolute atomic E-state index is 0.849. The lowest BCUT2D eigenvalue weighted by atomic mass is 10.1. The van der Waals surface area contributed by atoms with Gasteiger partial charge in [0.1, 0.15) is 5.76 Å². The first-order valence-corrected chi connectivity index (χ1v) is 9.04. The first-order valence-electron chi connectivity index (χ1n) is 6.52. The Morgan fingerprint density at radius 1 is 1.06 bits per heavy atom. The summed E-state index contributed by atoms with van der Waals surface area (Å²) in [6, 6.07) is 11.9. The summed E-state index contributed by atoms with van der Waals surface area (Å²) >= 11 is 0. The molecule has 0 amide bonds. The summed E-state index contributed by atoms with van der Waals surface area (Å²) in [5.74, 6) is 0.849. The topological polar surface area (TPSA) is 9.23 Å². The van der Waals surface area contributed by atoms with Crippen LogP contribution in [0.2, 0.25) is 18.1 Å². The van der Waals surface area contributed by atoms with Gasteiger partial charge < -0.3 is 4.43 Å². The number of hydrogen-bond donors (Lipinski definition) is 0. The minimum Gasteiger partial charge on any atom is -0.544 e. The summed E-state index contributed by atoms with van der Waals surface area (Å²) in [5.41, 5.74) is 2.38. The van der Waals surface area contributed by atoms with Gasteiger partial charge in [-0.3, -0.25) is 0 Å². The second-order valence-corrected chi connectivity index (χ2v) is 9.33. The van der Waals surface area contributed by atoms with Gasteiger partial charge in [-0.15, -0.1) is 0 Å². The molecule has 0 saturated carbocycles. The maximum atomic E-state index is 6.26. The average molecular weight is 248 g/mol. The van der Waals surface area contributed by atoms with Crippen molar-refractivity contribution >= 4 is 14.1 Å². The maximum Gasteiger partial charge on any atom is 0.250 e. The van der Waals surface area contributed by atoms with Gasteiger partial charge in [-0.2, -0.15) is 0 Å². The van der Waals surface area contributed by atoms with Crippen molar-refractivity contribution in [3.63, 3.8) is 0 Å². The number of aryl methyl sites for hydroxylation is 1. The third kappa shape index (κ3) is 3.47. The molecule has 0 bridgehead atoms. The van der Waals surface area contributed by atoms with E-state index in [1.807, 2.05) is 0 Å². The maximum absolute atomic E-state index is 6.26. The Balaban J connectivity index is 2.81. The summed E-state index contributed by atoms with van der Waals surface area (Å²) < 4.78 is 6.26. The van der Waals surface area contributed by atoms with Crippen LogP contribution >= 0.6 is 0 Å². The highest BCUT2D eigenvalue weighted by Crippen LogP contribution is 2.28. The highest BCUT2D eigenvalue weighted by atomic mass is 28.4. The van der Waals surface area contributed by atoms with Crippen LogP contribution in [0.3, 0.4) is 0 Å². The summed E-state index contributed by atoms with van der Waals surface area (Å²) in [7, 11) is -1.58. The van der Waals surface area contributed by atoms with Gasteiger partial charge in [0.05, 0.1) is 0 Å². The minimum atomic E-state index is -1.58. The largest absolute Gasteiger partial charge is 0.544 e. The van der Waals surface area contributed by atoms with E-state index in [1.165, 1.54) is 5.56 Å². The van der Waals surface area contributed by atoms with Crippen molar-refractivity contribution < 1.29 is 4.43 Å². The number of benzene rings is 1. The molecule has 0 spiro atoms.